The zero-order valence-electron chi connectivity index (χ0n) is 17.4. The number of nitrogens with zero attached hydrogens (tertiary/aromatic N) is 1. The van der Waals surface area contributed by atoms with Gasteiger partial charge >= 0.3 is 5.97 Å². The van der Waals surface area contributed by atoms with Crippen LogP contribution in [0.25, 0.3) is 0 Å². The van der Waals surface area contributed by atoms with Crippen LogP contribution in [0.1, 0.15) is 33.1 Å². The molecule has 0 aromatic carbocycles. The van der Waals surface area contributed by atoms with Crippen LogP contribution in [0.15, 0.2) is 0 Å². The van der Waals surface area contributed by atoms with Gasteiger partial charge in [-0.3, -0.25) is 14.4 Å². The molecule has 3 amide bonds. The van der Waals surface area contributed by atoms with Crippen molar-refractivity contribution in [3.63, 3.8) is 0 Å². The van der Waals surface area contributed by atoms with E-state index in [1.54, 1.807) is 11.8 Å². The lowest BCUT2D eigenvalue weighted by Gasteiger charge is -2.29. The second kappa shape index (κ2) is 12.1. The Bertz CT molecular complexity index is 632. The fraction of sp³-hybridized carbons (Fsp3) is 0.778. The van der Waals surface area contributed by atoms with E-state index in [1.807, 2.05) is 6.26 Å². The SMILES string of the molecule is CSCCC(N)C(=O)N1CCCC1C(=O)NC(C(=O)NC(C(=O)O)C(C)O)C(C)O. The highest BCUT2D eigenvalue weighted by Crippen LogP contribution is 2.19. The van der Waals surface area contributed by atoms with Crippen molar-refractivity contribution < 1.29 is 34.5 Å². The van der Waals surface area contributed by atoms with Gasteiger partial charge in [-0.05, 0) is 45.1 Å². The minimum absolute atomic E-state index is 0.347. The molecule has 6 atom stereocenters. The van der Waals surface area contributed by atoms with Gasteiger partial charge in [-0.25, -0.2) is 4.79 Å². The van der Waals surface area contributed by atoms with E-state index < -0.39 is 54.2 Å². The average molecular weight is 449 g/mol. The Labute approximate surface area is 179 Å². The number of carboxylic acid groups (broad SMARTS) is 1. The number of carboxylic acids is 1. The van der Waals surface area contributed by atoms with Crippen LogP contribution >= 0.6 is 11.8 Å². The Hall–Kier alpha value is -1.89. The number of thioether (sulfide) groups is 1. The number of amides is 3. The predicted molar refractivity (Wildman–Crippen MR) is 111 cm³/mol. The average Bonchev–Trinajstić information content (AvgIpc) is 3.16. The van der Waals surface area contributed by atoms with Crippen molar-refractivity contribution in [2.45, 2.75) is 69.5 Å². The molecule has 0 aromatic heterocycles. The molecule has 1 rings (SSSR count). The number of aliphatic carboxylic acids is 1. The highest BCUT2D eigenvalue weighted by atomic mass is 32.2. The summed E-state index contributed by atoms with van der Waals surface area (Å²) in [7, 11) is 0. The van der Waals surface area contributed by atoms with Gasteiger partial charge in [0.15, 0.2) is 6.04 Å². The lowest BCUT2D eigenvalue weighted by Crippen LogP contribution is -2.60. The van der Waals surface area contributed by atoms with Crippen molar-refractivity contribution in [2.24, 2.45) is 5.73 Å². The first kappa shape index (κ1) is 26.1. The maximum atomic E-state index is 12.8. The summed E-state index contributed by atoms with van der Waals surface area (Å²) >= 11 is 1.56. The van der Waals surface area contributed by atoms with Gasteiger partial charge in [-0.2, -0.15) is 11.8 Å². The van der Waals surface area contributed by atoms with Crippen LogP contribution in [0, 0.1) is 0 Å². The Morgan fingerprint density at radius 3 is 2.23 bits per heavy atom. The van der Waals surface area contributed by atoms with E-state index in [0.29, 0.717) is 31.6 Å². The molecule has 0 aliphatic carbocycles. The maximum Gasteiger partial charge on any atom is 0.328 e. The van der Waals surface area contributed by atoms with Crippen LogP contribution < -0.4 is 16.4 Å². The number of rotatable bonds is 11. The van der Waals surface area contributed by atoms with Crippen molar-refractivity contribution in [2.75, 3.05) is 18.6 Å². The molecule has 1 aliphatic rings. The number of hydrogen-bond acceptors (Lipinski definition) is 8. The molecule has 1 fully saturated rings. The smallest absolute Gasteiger partial charge is 0.328 e. The second-order valence-electron chi connectivity index (χ2n) is 7.37. The maximum absolute atomic E-state index is 12.8. The molecule has 172 valence electrons. The van der Waals surface area contributed by atoms with E-state index in [4.69, 9.17) is 10.8 Å². The van der Waals surface area contributed by atoms with Crippen LogP contribution in [0.5, 0.6) is 0 Å². The number of nitrogens with one attached hydrogen (secondary N) is 2. The largest absolute Gasteiger partial charge is 0.480 e. The van der Waals surface area contributed by atoms with Gasteiger partial charge in [0.1, 0.15) is 12.1 Å². The molecule has 6 unspecified atom stereocenters. The van der Waals surface area contributed by atoms with Gasteiger partial charge in [-0.1, -0.05) is 0 Å². The quantitative estimate of drug-likeness (QED) is 0.206. The van der Waals surface area contributed by atoms with Gasteiger partial charge < -0.3 is 36.6 Å². The normalized spacial score (nSPS) is 21.3. The number of carbonyl (C=O) groups excluding carboxylic acids is 3. The highest BCUT2D eigenvalue weighted by molar-refractivity contribution is 7.98. The number of likely N-dealkylation sites (tertiary alicyclic amines) is 1. The molecular weight excluding hydrogens is 416 g/mol. The van der Waals surface area contributed by atoms with Gasteiger partial charge in [0.2, 0.25) is 17.7 Å². The summed E-state index contributed by atoms with van der Waals surface area (Å²) in [5.41, 5.74) is 5.94. The van der Waals surface area contributed by atoms with Crippen LogP contribution in [-0.2, 0) is 19.2 Å². The van der Waals surface area contributed by atoms with E-state index in [2.05, 4.69) is 10.6 Å². The zero-order valence-corrected chi connectivity index (χ0v) is 18.2. The summed E-state index contributed by atoms with van der Waals surface area (Å²) in [6.45, 7) is 2.81. The molecule has 7 N–H and O–H groups in total. The molecular formula is C18H32N4O7S. The zero-order chi connectivity index (χ0) is 23.0. The monoisotopic (exact) mass is 448 g/mol. The molecule has 0 radical (unpaired) electrons. The lowest BCUT2D eigenvalue weighted by molar-refractivity contribution is -0.146. The Morgan fingerprint density at radius 2 is 1.73 bits per heavy atom. The summed E-state index contributed by atoms with van der Waals surface area (Å²) in [6, 6.07) is -4.63. The molecule has 0 bridgehead atoms. The Kier molecular flexibility index (Phi) is 10.5. The van der Waals surface area contributed by atoms with Crippen molar-refractivity contribution in [1.29, 1.82) is 0 Å². The third kappa shape index (κ3) is 7.11. The summed E-state index contributed by atoms with van der Waals surface area (Å²) in [6.07, 6.45) is 0.616. The first-order valence-corrected chi connectivity index (χ1v) is 11.1. The number of aliphatic hydroxyl groups excluding tert-OH is 2. The Balaban J connectivity index is 2.85. The van der Waals surface area contributed by atoms with Gasteiger partial charge in [0.05, 0.1) is 18.2 Å². The fourth-order valence-electron chi connectivity index (χ4n) is 3.17. The van der Waals surface area contributed by atoms with Crippen molar-refractivity contribution in [3.8, 4) is 0 Å². The fourth-order valence-corrected chi connectivity index (χ4v) is 3.66. The summed E-state index contributed by atoms with van der Waals surface area (Å²) in [5, 5.41) is 33.0. The molecule has 11 nitrogen and oxygen atoms in total. The van der Waals surface area contributed by atoms with Gasteiger partial charge in [-0.15, -0.1) is 0 Å². The summed E-state index contributed by atoms with van der Waals surface area (Å²) in [4.78, 5) is 50.4. The van der Waals surface area contributed by atoms with Crippen LogP contribution in [0.3, 0.4) is 0 Å². The van der Waals surface area contributed by atoms with E-state index in [-0.39, 0.29) is 5.91 Å². The number of aliphatic hydroxyl groups is 2. The third-order valence-electron chi connectivity index (χ3n) is 4.90. The summed E-state index contributed by atoms with van der Waals surface area (Å²) < 4.78 is 0. The van der Waals surface area contributed by atoms with E-state index >= 15 is 0 Å². The van der Waals surface area contributed by atoms with Crippen molar-refractivity contribution in [1.82, 2.24) is 15.5 Å². The first-order valence-electron chi connectivity index (χ1n) is 9.75. The number of hydrogen-bond donors (Lipinski definition) is 6. The van der Waals surface area contributed by atoms with E-state index in [0.717, 1.165) is 0 Å². The van der Waals surface area contributed by atoms with Crippen molar-refractivity contribution >= 4 is 35.5 Å². The standard InChI is InChI=1S/C18H32N4O7S/c1-9(23)13(16(26)21-14(10(2)24)18(28)29)20-15(25)12-5-4-7-22(12)17(27)11(19)6-8-30-3/h9-14,23-24H,4-8,19H2,1-3H3,(H,20,25)(H,21,26)(H,28,29). The van der Waals surface area contributed by atoms with Crippen LogP contribution in [0.2, 0.25) is 0 Å². The van der Waals surface area contributed by atoms with Crippen LogP contribution in [0.4, 0.5) is 0 Å². The minimum Gasteiger partial charge on any atom is -0.480 e. The third-order valence-corrected chi connectivity index (χ3v) is 5.54. The summed E-state index contributed by atoms with van der Waals surface area (Å²) in [5.74, 6) is -2.70. The molecule has 1 saturated heterocycles. The van der Waals surface area contributed by atoms with E-state index in [9.17, 15) is 29.4 Å². The molecule has 0 spiro atoms. The molecule has 1 heterocycles. The molecule has 0 aromatic rings. The minimum atomic E-state index is -1.60. The molecule has 12 heteroatoms. The van der Waals surface area contributed by atoms with E-state index in [1.165, 1.54) is 18.7 Å². The number of nitrogens with two attached hydrogens (primary N) is 1. The number of carbonyl (C=O) groups is 4. The molecule has 1 aliphatic heterocycles. The highest BCUT2D eigenvalue weighted by Gasteiger charge is 2.39. The Morgan fingerprint density at radius 1 is 1.13 bits per heavy atom. The predicted octanol–water partition coefficient (Wildman–Crippen LogP) is -2.13. The second-order valence-corrected chi connectivity index (χ2v) is 8.36. The molecule has 30 heavy (non-hydrogen) atoms. The topological polar surface area (TPSA) is 182 Å². The first-order chi connectivity index (χ1) is 14.0. The van der Waals surface area contributed by atoms with Gasteiger partial charge in [0.25, 0.3) is 0 Å². The van der Waals surface area contributed by atoms with Gasteiger partial charge in [0, 0.05) is 6.54 Å². The van der Waals surface area contributed by atoms with Crippen LogP contribution in [-0.4, -0.2) is 98.8 Å². The van der Waals surface area contributed by atoms with Crippen molar-refractivity contribution in [3.05, 3.63) is 0 Å². The lowest BCUT2D eigenvalue weighted by atomic mass is 10.1. The molecule has 0 saturated carbocycles.